The van der Waals surface area contributed by atoms with Crippen LogP contribution >= 0.6 is 15.9 Å². The molecule has 0 amide bonds. The number of pyridine rings is 1. The van der Waals surface area contributed by atoms with E-state index in [1.807, 2.05) is 6.92 Å². The summed E-state index contributed by atoms with van der Waals surface area (Å²) in [6.45, 7) is 1.84. The molecule has 0 aromatic carbocycles. The van der Waals surface area contributed by atoms with E-state index in [0.717, 1.165) is 4.47 Å². The monoisotopic (exact) mass is 213 g/mol. The van der Waals surface area contributed by atoms with E-state index in [0.29, 0.717) is 12.0 Å². The predicted octanol–water partition coefficient (Wildman–Crippen LogP) is 2.44. The van der Waals surface area contributed by atoms with Crippen LogP contribution in [0, 0.1) is 0 Å². The van der Waals surface area contributed by atoms with E-state index in [4.69, 9.17) is 0 Å². The standard InChI is InChI=1S/C8H8BrNO/c1-2-8(11)6-3-7(9)5-10-4-6/h3-5H,2H2,1H3. The number of rotatable bonds is 2. The zero-order valence-corrected chi connectivity index (χ0v) is 7.76. The molecule has 0 unspecified atom stereocenters. The Kier molecular flexibility index (Phi) is 2.76. The molecule has 2 nitrogen and oxygen atoms in total. The predicted molar refractivity (Wildman–Crippen MR) is 46.6 cm³/mol. The molecule has 0 atom stereocenters. The zero-order valence-electron chi connectivity index (χ0n) is 6.17. The highest BCUT2D eigenvalue weighted by atomic mass is 79.9. The summed E-state index contributed by atoms with van der Waals surface area (Å²) in [4.78, 5) is 15.0. The molecule has 0 spiro atoms. The van der Waals surface area contributed by atoms with E-state index >= 15 is 0 Å². The van der Waals surface area contributed by atoms with Crippen LogP contribution in [0.1, 0.15) is 23.7 Å². The van der Waals surface area contributed by atoms with Gasteiger partial charge in [0.15, 0.2) is 5.78 Å². The average Bonchev–Trinajstić information content (AvgIpc) is 2.03. The first-order valence-corrected chi connectivity index (χ1v) is 4.17. The maximum atomic E-state index is 11.1. The van der Waals surface area contributed by atoms with Crippen LogP contribution in [-0.2, 0) is 0 Å². The van der Waals surface area contributed by atoms with Crippen LogP contribution in [0.15, 0.2) is 22.9 Å². The maximum absolute atomic E-state index is 11.1. The summed E-state index contributed by atoms with van der Waals surface area (Å²) in [6.07, 6.45) is 3.77. The van der Waals surface area contributed by atoms with Crippen LogP contribution in [0.25, 0.3) is 0 Å². The first-order valence-electron chi connectivity index (χ1n) is 3.37. The van der Waals surface area contributed by atoms with Gasteiger partial charge in [-0.2, -0.15) is 0 Å². The van der Waals surface area contributed by atoms with Crippen molar-refractivity contribution in [3.8, 4) is 0 Å². The summed E-state index contributed by atoms with van der Waals surface area (Å²) in [5.74, 6) is 0.124. The van der Waals surface area contributed by atoms with E-state index in [2.05, 4.69) is 20.9 Å². The molecular formula is C8H8BrNO. The Morgan fingerprint density at radius 2 is 2.36 bits per heavy atom. The Morgan fingerprint density at radius 1 is 1.64 bits per heavy atom. The number of hydrogen-bond donors (Lipinski definition) is 0. The molecule has 0 N–H and O–H groups in total. The molecule has 0 aliphatic heterocycles. The van der Waals surface area contributed by atoms with Gasteiger partial charge in [0.1, 0.15) is 0 Å². The maximum Gasteiger partial charge on any atom is 0.164 e. The number of nitrogens with zero attached hydrogens (tertiary/aromatic N) is 1. The Bertz CT molecular complexity index is 273. The Morgan fingerprint density at radius 3 is 2.91 bits per heavy atom. The van der Waals surface area contributed by atoms with Gasteiger partial charge in [-0.3, -0.25) is 9.78 Å². The Labute approximate surface area is 73.8 Å². The molecule has 1 aromatic rings. The molecule has 1 heterocycles. The zero-order chi connectivity index (χ0) is 8.27. The van der Waals surface area contributed by atoms with Gasteiger partial charge in [-0.1, -0.05) is 6.92 Å². The third kappa shape index (κ3) is 2.12. The number of carbonyl (C=O) groups excluding carboxylic acids is 1. The third-order valence-electron chi connectivity index (χ3n) is 1.35. The molecule has 0 aliphatic carbocycles. The molecule has 0 aliphatic rings. The van der Waals surface area contributed by atoms with Crippen molar-refractivity contribution in [1.82, 2.24) is 4.98 Å². The van der Waals surface area contributed by atoms with E-state index in [9.17, 15) is 4.79 Å². The second kappa shape index (κ2) is 3.62. The highest BCUT2D eigenvalue weighted by Gasteiger charge is 2.02. The van der Waals surface area contributed by atoms with Crippen LogP contribution < -0.4 is 0 Å². The van der Waals surface area contributed by atoms with Gasteiger partial charge in [0.2, 0.25) is 0 Å². The number of hydrogen-bond acceptors (Lipinski definition) is 2. The lowest BCUT2D eigenvalue weighted by Crippen LogP contribution is -1.96. The molecular weight excluding hydrogens is 206 g/mol. The van der Waals surface area contributed by atoms with Crippen molar-refractivity contribution in [3.63, 3.8) is 0 Å². The fourth-order valence-corrected chi connectivity index (χ4v) is 1.13. The van der Waals surface area contributed by atoms with Gasteiger partial charge in [-0.15, -0.1) is 0 Å². The Hall–Kier alpha value is -0.700. The molecule has 1 rings (SSSR count). The lowest BCUT2D eigenvalue weighted by Gasteiger charge is -1.95. The average molecular weight is 214 g/mol. The fourth-order valence-electron chi connectivity index (χ4n) is 0.768. The molecule has 58 valence electrons. The minimum absolute atomic E-state index is 0.124. The summed E-state index contributed by atoms with van der Waals surface area (Å²) in [6, 6.07) is 1.78. The Balaban J connectivity index is 2.96. The summed E-state index contributed by atoms with van der Waals surface area (Å²) in [5, 5.41) is 0. The topological polar surface area (TPSA) is 30.0 Å². The van der Waals surface area contributed by atoms with Gasteiger partial charge in [-0.05, 0) is 22.0 Å². The van der Waals surface area contributed by atoms with Gasteiger partial charge in [0.25, 0.3) is 0 Å². The highest BCUT2D eigenvalue weighted by molar-refractivity contribution is 9.10. The van der Waals surface area contributed by atoms with Crippen LogP contribution in [0.2, 0.25) is 0 Å². The molecule has 0 radical (unpaired) electrons. The summed E-state index contributed by atoms with van der Waals surface area (Å²) in [7, 11) is 0. The van der Waals surface area contributed by atoms with E-state index in [1.54, 1.807) is 18.5 Å². The van der Waals surface area contributed by atoms with E-state index in [1.165, 1.54) is 0 Å². The lowest BCUT2D eigenvalue weighted by molar-refractivity contribution is 0.0988. The van der Waals surface area contributed by atoms with E-state index in [-0.39, 0.29) is 5.78 Å². The number of ketones is 1. The molecule has 1 aromatic heterocycles. The second-order valence-corrected chi connectivity index (χ2v) is 3.08. The van der Waals surface area contributed by atoms with Crippen molar-refractivity contribution < 1.29 is 4.79 Å². The van der Waals surface area contributed by atoms with Gasteiger partial charge < -0.3 is 0 Å². The van der Waals surface area contributed by atoms with Crippen molar-refractivity contribution in [1.29, 1.82) is 0 Å². The summed E-state index contributed by atoms with van der Waals surface area (Å²) in [5.41, 5.74) is 0.668. The molecule has 11 heavy (non-hydrogen) atoms. The van der Waals surface area contributed by atoms with Gasteiger partial charge in [-0.25, -0.2) is 0 Å². The van der Waals surface area contributed by atoms with Crippen molar-refractivity contribution in [2.24, 2.45) is 0 Å². The molecule has 0 saturated heterocycles. The van der Waals surface area contributed by atoms with Crippen LogP contribution in [-0.4, -0.2) is 10.8 Å². The largest absolute Gasteiger partial charge is 0.294 e. The fraction of sp³-hybridized carbons (Fsp3) is 0.250. The number of halogens is 1. The minimum Gasteiger partial charge on any atom is -0.294 e. The smallest absolute Gasteiger partial charge is 0.164 e. The van der Waals surface area contributed by atoms with Crippen molar-refractivity contribution in [3.05, 3.63) is 28.5 Å². The first kappa shape index (κ1) is 8.40. The highest BCUT2D eigenvalue weighted by Crippen LogP contribution is 2.10. The van der Waals surface area contributed by atoms with Crippen molar-refractivity contribution >= 4 is 21.7 Å². The third-order valence-corrected chi connectivity index (χ3v) is 1.78. The van der Waals surface area contributed by atoms with E-state index < -0.39 is 0 Å². The number of Topliss-reactive ketones (excluding diaryl/α,β-unsaturated/α-hetero) is 1. The van der Waals surface area contributed by atoms with Crippen LogP contribution in [0.3, 0.4) is 0 Å². The number of aromatic nitrogens is 1. The second-order valence-electron chi connectivity index (χ2n) is 2.17. The lowest BCUT2D eigenvalue weighted by atomic mass is 10.1. The summed E-state index contributed by atoms with van der Waals surface area (Å²) >= 11 is 3.24. The van der Waals surface area contributed by atoms with Crippen LogP contribution in [0.5, 0.6) is 0 Å². The first-order chi connectivity index (χ1) is 5.24. The molecule has 0 fully saturated rings. The van der Waals surface area contributed by atoms with Crippen molar-refractivity contribution in [2.45, 2.75) is 13.3 Å². The quantitative estimate of drug-likeness (QED) is 0.707. The molecule has 0 bridgehead atoms. The van der Waals surface area contributed by atoms with Gasteiger partial charge >= 0.3 is 0 Å². The molecule has 3 heteroatoms. The SMILES string of the molecule is CCC(=O)c1cncc(Br)c1. The normalized spacial score (nSPS) is 9.64. The molecule has 0 saturated carbocycles. The van der Waals surface area contributed by atoms with Gasteiger partial charge in [0.05, 0.1) is 0 Å². The van der Waals surface area contributed by atoms with Crippen molar-refractivity contribution in [2.75, 3.05) is 0 Å². The van der Waals surface area contributed by atoms with Gasteiger partial charge in [0, 0.05) is 28.9 Å². The van der Waals surface area contributed by atoms with Crippen LogP contribution in [0.4, 0.5) is 0 Å². The minimum atomic E-state index is 0.124. The number of carbonyl (C=O) groups is 1. The summed E-state index contributed by atoms with van der Waals surface area (Å²) < 4.78 is 0.844.